The van der Waals surface area contributed by atoms with Gasteiger partial charge in [-0.1, -0.05) is 158 Å². The third-order valence-electron chi connectivity index (χ3n) is 12.1. The van der Waals surface area contributed by atoms with Crippen LogP contribution in [0.5, 0.6) is 0 Å². The molecule has 65 heavy (non-hydrogen) atoms. The van der Waals surface area contributed by atoms with E-state index < -0.39 is 15.8 Å². The Bertz CT molecular complexity index is 3120. The molecule has 0 bridgehead atoms. The van der Waals surface area contributed by atoms with Crippen molar-refractivity contribution in [2.24, 2.45) is 0 Å². The van der Waals surface area contributed by atoms with E-state index in [-0.39, 0.29) is 44.8 Å². The summed E-state index contributed by atoms with van der Waals surface area (Å²) in [6.07, 6.45) is 14.6. The molecule has 0 aliphatic heterocycles. The summed E-state index contributed by atoms with van der Waals surface area (Å²) in [6, 6.07) is 82.5. The maximum atomic E-state index is 7.30. The predicted molar refractivity (Wildman–Crippen MR) is 279 cm³/mol. The Hall–Kier alpha value is -5.82. The van der Waals surface area contributed by atoms with Crippen LogP contribution in [0.15, 0.2) is 231 Å². The van der Waals surface area contributed by atoms with E-state index in [9.17, 15) is 0 Å². The molecule has 0 saturated carbocycles. The fraction of sp³-hybridized carbons (Fsp3) is 0.0164. The van der Waals surface area contributed by atoms with Crippen molar-refractivity contribution in [2.45, 2.75) is 0 Å². The average molecular weight is 1230 g/mol. The summed E-state index contributed by atoms with van der Waals surface area (Å²) in [5, 5.41) is 21.1. The molecule has 12 rings (SSSR count). The number of hydrogen-bond acceptors (Lipinski definition) is 0. The van der Waals surface area contributed by atoms with E-state index in [4.69, 9.17) is 12.8 Å². The number of benzene rings is 12. The largest absolute Gasteiger partial charge is 1.00 e. The second-order valence-electron chi connectivity index (χ2n) is 15.9. The monoisotopic (exact) mass is 1230 g/mol. The molecule has 0 atom stereocenters. The Kier molecular flexibility index (Phi) is 14.8. The first kappa shape index (κ1) is 45.7. The molecule has 0 heterocycles. The zero-order valence-electron chi connectivity index (χ0n) is 35.2. The fourth-order valence-electron chi connectivity index (χ4n) is 9.13. The molecule has 4 heteroatoms. The van der Waals surface area contributed by atoms with E-state index in [1.807, 2.05) is 24.3 Å². The van der Waals surface area contributed by atoms with Crippen molar-refractivity contribution in [1.29, 1.82) is 0 Å². The van der Waals surface area contributed by atoms with Crippen molar-refractivity contribution < 1.29 is 44.8 Å². The molecule has 0 aromatic heterocycles. The quantitative estimate of drug-likeness (QED) is 0.0512. The maximum absolute atomic E-state index is 7.30. The molecule has 0 saturated heterocycles. The average Bonchev–Trinajstić information content (AvgIpc) is 3.36. The zero-order valence-corrected chi connectivity index (χ0v) is 41.6. The van der Waals surface area contributed by atoms with E-state index >= 15 is 0 Å². The molecule has 12 aromatic rings. The van der Waals surface area contributed by atoms with Crippen LogP contribution in [0.25, 0.3) is 64.6 Å². The molecule has 316 valence electrons. The van der Waals surface area contributed by atoms with Gasteiger partial charge in [-0.25, -0.2) is 0 Å². The third kappa shape index (κ3) is 9.62. The van der Waals surface area contributed by atoms with E-state index in [1.165, 1.54) is 91.8 Å². The van der Waals surface area contributed by atoms with Crippen molar-refractivity contribution in [1.82, 2.24) is 0 Å². The minimum Gasteiger partial charge on any atom is -0.366 e. The first-order chi connectivity index (χ1) is 31.1. The fourth-order valence-corrected chi connectivity index (χ4v) is 16.9. The third-order valence-corrected chi connectivity index (χ3v) is 19.0. The van der Waals surface area contributed by atoms with Crippen LogP contribution in [0.2, 0.25) is 0 Å². The van der Waals surface area contributed by atoms with Gasteiger partial charge >= 0.3 is 44.8 Å². The summed E-state index contributed by atoms with van der Waals surface area (Å²) in [6.45, 7) is 0. The molecule has 0 N–H and O–H groups in total. The van der Waals surface area contributed by atoms with Crippen LogP contribution in [0.4, 0.5) is 0 Å². The molecule has 0 aliphatic rings. The molecule has 0 aliphatic carbocycles. The standard InChI is InChI=1S/C25H22P2.2C18H9.2Au/c1-5-13-22(14-6-1)26(23-15-7-2-8-16-23)21-27(24-17-9-3-10-18-24)25-19-11-4-12-20-25;2*1-2-12-10-15-8-6-13-4-3-5-14-7-9-16(11-12)18(15)17(13)14;;/h1-20H,21H2;2*3-11H;;/q;2*-1;2*+1/p+2. The summed E-state index contributed by atoms with van der Waals surface area (Å²) >= 11 is 0. The Morgan fingerprint density at radius 3 is 0.754 bits per heavy atom. The minimum atomic E-state index is -0.847. The van der Waals surface area contributed by atoms with Gasteiger partial charge < -0.3 is 12.8 Å². The summed E-state index contributed by atoms with van der Waals surface area (Å²) in [4.78, 5) is 0. The van der Waals surface area contributed by atoms with Gasteiger partial charge in [-0.2, -0.15) is 0 Å². The van der Waals surface area contributed by atoms with Gasteiger partial charge in [-0.3, -0.25) is 11.8 Å². The number of rotatable bonds is 6. The van der Waals surface area contributed by atoms with Crippen molar-refractivity contribution in [3.8, 4) is 11.8 Å². The van der Waals surface area contributed by atoms with Crippen LogP contribution in [0.3, 0.4) is 0 Å². The van der Waals surface area contributed by atoms with Gasteiger partial charge in [0.1, 0.15) is 37.1 Å². The summed E-state index contributed by atoms with van der Waals surface area (Å²) in [5.41, 5.74) is 1.67. The van der Waals surface area contributed by atoms with Crippen LogP contribution in [-0.4, -0.2) is 5.90 Å². The molecule has 12 aromatic carbocycles. The van der Waals surface area contributed by atoms with Gasteiger partial charge in [0.25, 0.3) is 0 Å². The van der Waals surface area contributed by atoms with Crippen molar-refractivity contribution in [3.63, 3.8) is 0 Å². The summed E-state index contributed by atoms with van der Waals surface area (Å²) < 4.78 is 0. The Balaban J connectivity index is 0.000000135. The van der Waals surface area contributed by atoms with Crippen molar-refractivity contribution in [3.05, 3.63) is 254 Å². The maximum Gasteiger partial charge on any atom is 1.00 e. The predicted octanol–water partition coefficient (Wildman–Crippen LogP) is 13.7. The topological polar surface area (TPSA) is 0 Å². The second-order valence-corrected chi connectivity index (χ2v) is 21.5. The van der Waals surface area contributed by atoms with Gasteiger partial charge in [0.15, 0.2) is 5.90 Å². The number of hydrogen-bond donors (Lipinski definition) is 0. The molecule has 0 unspecified atom stereocenters. The molecule has 0 amide bonds. The van der Waals surface area contributed by atoms with E-state index in [1.54, 1.807) is 0 Å². The van der Waals surface area contributed by atoms with Crippen LogP contribution in [-0.2, 0) is 44.8 Å². The van der Waals surface area contributed by atoms with Crippen molar-refractivity contribution in [2.75, 3.05) is 5.90 Å². The minimum absolute atomic E-state index is 0. The van der Waals surface area contributed by atoms with Crippen LogP contribution in [0, 0.1) is 24.7 Å². The SMILES string of the molecule is [Au+].[Au+].[C-]#Cc1cc2ccc3cccc4ccc(c1)c2c34.[C-]#Cc1cc2ccc3cccc4ccc(c1)c2c34.c1ccc([PH+](C[PH+](c2ccccc2)c2ccccc2)c2ccccc2)cc1. The van der Waals surface area contributed by atoms with Gasteiger partial charge in [0.05, 0.1) is 0 Å². The van der Waals surface area contributed by atoms with Crippen molar-refractivity contribution >= 4 is 102 Å². The molecule has 0 spiro atoms. The van der Waals surface area contributed by atoms with Gasteiger partial charge in [-0.05, 0) is 113 Å². The van der Waals surface area contributed by atoms with Gasteiger partial charge in [0.2, 0.25) is 0 Å². The van der Waals surface area contributed by atoms with Gasteiger partial charge in [0, 0.05) is 0 Å². The van der Waals surface area contributed by atoms with E-state index in [2.05, 4.69) is 218 Å². The molecule has 0 radical (unpaired) electrons. The van der Waals surface area contributed by atoms with Gasteiger partial charge in [-0.15, -0.1) is 35.4 Å². The Labute approximate surface area is 415 Å². The Morgan fingerprint density at radius 1 is 0.277 bits per heavy atom. The first-order valence-electron chi connectivity index (χ1n) is 21.3. The molecular formula is C61H42Au2P2+2. The van der Waals surface area contributed by atoms with Crippen LogP contribution < -0.4 is 21.2 Å². The Morgan fingerprint density at radius 2 is 0.508 bits per heavy atom. The second kappa shape index (κ2) is 21.0. The summed E-state index contributed by atoms with van der Waals surface area (Å²) in [5.74, 6) is 6.20. The normalized spacial score (nSPS) is 10.8. The van der Waals surface area contributed by atoms with E-state index in [0.717, 1.165) is 11.1 Å². The summed E-state index contributed by atoms with van der Waals surface area (Å²) in [7, 11) is -1.69. The molecule has 0 nitrogen and oxygen atoms in total. The van der Waals surface area contributed by atoms with Crippen LogP contribution >= 0.6 is 15.8 Å². The molecule has 0 fully saturated rings. The first-order valence-corrected chi connectivity index (χ1v) is 24.7. The molecular weight excluding hydrogens is 1190 g/mol. The van der Waals surface area contributed by atoms with Crippen LogP contribution in [0.1, 0.15) is 11.1 Å². The van der Waals surface area contributed by atoms with E-state index in [0.29, 0.717) is 0 Å². The zero-order chi connectivity index (χ0) is 42.5. The smallest absolute Gasteiger partial charge is 0.366 e.